The third-order valence-corrected chi connectivity index (χ3v) is 5.46. The minimum Gasteiger partial charge on any atom is -0.394 e. The molecule has 1 aromatic carbocycles. The molecule has 1 aromatic rings. The summed E-state index contributed by atoms with van der Waals surface area (Å²) >= 11 is 3.29. The van der Waals surface area contributed by atoms with Gasteiger partial charge in [-0.2, -0.15) is 4.31 Å². The lowest BCUT2D eigenvalue weighted by Crippen LogP contribution is -2.55. The molecule has 0 saturated carbocycles. The van der Waals surface area contributed by atoms with Gasteiger partial charge in [0.2, 0.25) is 10.0 Å². The molecule has 112 valence electrons. The first-order valence-corrected chi connectivity index (χ1v) is 8.52. The van der Waals surface area contributed by atoms with Crippen molar-refractivity contribution in [2.75, 3.05) is 19.7 Å². The van der Waals surface area contributed by atoms with Gasteiger partial charge in [-0.15, -0.1) is 0 Å². The Hall–Kier alpha value is -0.470. The first-order chi connectivity index (χ1) is 9.24. The van der Waals surface area contributed by atoms with E-state index in [1.807, 2.05) is 13.8 Å². The number of ether oxygens (including phenoxy) is 1. The van der Waals surface area contributed by atoms with Gasteiger partial charge in [0.25, 0.3) is 0 Å². The molecule has 1 saturated heterocycles. The summed E-state index contributed by atoms with van der Waals surface area (Å²) in [6.07, 6.45) is -0.496. The van der Waals surface area contributed by atoms with Crippen LogP contribution in [0.15, 0.2) is 33.6 Å². The monoisotopic (exact) mass is 363 g/mol. The van der Waals surface area contributed by atoms with Crippen LogP contribution in [0.3, 0.4) is 0 Å². The van der Waals surface area contributed by atoms with E-state index in [1.165, 1.54) is 4.31 Å². The average Bonchev–Trinajstić information content (AvgIpc) is 2.37. The van der Waals surface area contributed by atoms with E-state index < -0.39 is 21.7 Å². The predicted octanol–water partition coefficient (Wildman–Crippen LogP) is 1.61. The van der Waals surface area contributed by atoms with Crippen LogP contribution < -0.4 is 0 Å². The topological polar surface area (TPSA) is 66.8 Å². The number of rotatable bonds is 3. The molecule has 1 heterocycles. The highest BCUT2D eigenvalue weighted by atomic mass is 79.9. The number of sulfonamides is 1. The Morgan fingerprint density at radius 1 is 1.40 bits per heavy atom. The first-order valence-electron chi connectivity index (χ1n) is 6.29. The molecule has 1 unspecified atom stereocenters. The number of nitrogens with zero attached hydrogens (tertiary/aromatic N) is 1. The van der Waals surface area contributed by atoms with Gasteiger partial charge in [0.05, 0.1) is 23.2 Å². The van der Waals surface area contributed by atoms with Crippen LogP contribution >= 0.6 is 15.9 Å². The zero-order valence-electron chi connectivity index (χ0n) is 11.4. The van der Waals surface area contributed by atoms with Crippen molar-refractivity contribution in [2.24, 2.45) is 0 Å². The molecule has 1 atom stereocenters. The first kappa shape index (κ1) is 15.9. The Balaban J connectivity index is 2.31. The van der Waals surface area contributed by atoms with E-state index in [9.17, 15) is 13.5 Å². The summed E-state index contributed by atoms with van der Waals surface area (Å²) in [4.78, 5) is 0.245. The molecule has 5 nitrogen and oxygen atoms in total. The fraction of sp³-hybridized carbons (Fsp3) is 0.538. The van der Waals surface area contributed by atoms with Crippen LogP contribution in [-0.4, -0.2) is 49.2 Å². The molecule has 1 aliphatic rings. The summed E-state index contributed by atoms with van der Waals surface area (Å²) in [6, 6.07) is 6.52. The molecule has 1 N–H and O–H groups in total. The van der Waals surface area contributed by atoms with Crippen molar-refractivity contribution in [3.63, 3.8) is 0 Å². The summed E-state index contributed by atoms with van der Waals surface area (Å²) in [5, 5.41) is 9.26. The lowest BCUT2D eigenvalue weighted by molar-refractivity contribution is -0.131. The van der Waals surface area contributed by atoms with Crippen LogP contribution in [0.2, 0.25) is 0 Å². The fourth-order valence-electron chi connectivity index (χ4n) is 2.28. The molecule has 0 amide bonds. The van der Waals surface area contributed by atoms with Crippen molar-refractivity contribution in [3.8, 4) is 0 Å². The molecule has 7 heteroatoms. The highest BCUT2D eigenvalue weighted by Gasteiger charge is 2.39. The number of benzene rings is 1. The van der Waals surface area contributed by atoms with Gasteiger partial charge in [0, 0.05) is 17.6 Å². The van der Waals surface area contributed by atoms with Crippen LogP contribution in [0, 0.1) is 0 Å². The fourth-order valence-corrected chi connectivity index (χ4v) is 4.16. The Morgan fingerprint density at radius 3 is 2.55 bits per heavy atom. The second-order valence-electron chi connectivity index (χ2n) is 5.43. The van der Waals surface area contributed by atoms with Crippen molar-refractivity contribution in [1.29, 1.82) is 0 Å². The van der Waals surface area contributed by atoms with Crippen molar-refractivity contribution in [1.82, 2.24) is 4.31 Å². The van der Waals surface area contributed by atoms with Gasteiger partial charge in [-0.1, -0.05) is 15.9 Å². The standard InChI is InChI=1S/C13H18BrNO4S/c1-13(2)9-15(7-11(8-16)19-13)20(17,18)12-5-3-10(14)4-6-12/h3-6,11,16H,7-9H2,1-2H3. The van der Waals surface area contributed by atoms with Gasteiger partial charge in [-0.3, -0.25) is 0 Å². The van der Waals surface area contributed by atoms with Gasteiger partial charge in [0.15, 0.2) is 0 Å². The molecule has 2 rings (SSSR count). The summed E-state index contributed by atoms with van der Waals surface area (Å²) in [5.74, 6) is 0. The summed E-state index contributed by atoms with van der Waals surface area (Å²) in [7, 11) is -3.57. The van der Waals surface area contributed by atoms with E-state index >= 15 is 0 Å². The number of aliphatic hydroxyl groups excluding tert-OH is 1. The highest BCUT2D eigenvalue weighted by molar-refractivity contribution is 9.10. The van der Waals surface area contributed by atoms with Gasteiger partial charge in [-0.05, 0) is 38.1 Å². The maximum absolute atomic E-state index is 12.6. The van der Waals surface area contributed by atoms with E-state index in [4.69, 9.17) is 4.74 Å². The molecule has 0 bridgehead atoms. The van der Waals surface area contributed by atoms with Crippen LogP contribution in [-0.2, 0) is 14.8 Å². The zero-order valence-corrected chi connectivity index (χ0v) is 13.8. The van der Waals surface area contributed by atoms with Gasteiger partial charge in [0.1, 0.15) is 0 Å². The Labute approximate surface area is 127 Å². The van der Waals surface area contributed by atoms with E-state index in [0.29, 0.717) is 0 Å². The van der Waals surface area contributed by atoms with Crippen molar-refractivity contribution in [2.45, 2.75) is 30.4 Å². The molecular formula is C13H18BrNO4S. The van der Waals surface area contributed by atoms with Crippen molar-refractivity contribution < 1.29 is 18.3 Å². The summed E-state index contributed by atoms with van der Waals surface area (Å²) in [5.41, 5.74) is -0.617. The van der Waals surface area contributed by atoms with Crippen LogP contribution in [0.5, 0.6) is 0 Å². The Morgan fingerprint density at radius 2 is 2.00 bits per heavy atom. The summed E-state index contributed by atoms with van der Waals surface area (Å²) in [6.45, 7) is 3.87. The van der Waals surface area contributed by atoms with E-state index in [0.717, 1.165) is 4.47 Å². The zero-order chi connectivity index (χ0) is 15.0. The largest absolute Gasteiger partial charge is 0.394 e. The lowest BCUT2D eigenvalue weighted by Gasteiger charge is -2.41. The number of hydrogen-bond donors (Lipinski definition) is 1. The summed E-state index contributed by atoms with van der Waals surface area (Å²) < 4.78 is 33.1. The number of halogens is 1. The SMILES string of the molecule is CC1(C)CN(S(=O)(=O)c2ccc(Br)cc2)CC(CO)O1. The minimum atomic E-state index is -3.57. The van der Waals surface area contributed by atoms with Crippen molar-refractivity contribution in [3.05, 3.63) is 28.7 Å². The maximum Gasteiger partial charge on any atom is 0.243 e. The highest BCUT2D eigenvalue weighted by Crippen LogP contribution is 2.27. The molecule has 20 heavy (non-hydrogen) atoms. The molecule has 0 radical (unpaired) electrons. The number of hydrogen-bond acceptors (Lipinski definition) is 4. The van der Waals surface area contributed by atoms with Crippen molar-refractivity contribution >= 4 is 26.0 Å². The third kappa shape index (κ3) is 3.40. The minimum absolute atomic E-state index is 0.165. The third-order valence-electron chi connectivity index (χ3n) is 3.11. The van der Waals surface area contributed by atoms with E-state index in [1.54, 1.807) is 24.3 Å². The average molecular weight is 364 g/mol. The van der Waals surface area contributed by atoms with Crippen LogP contribution in [0.25, 0.3) is 0 Å². The quantitative estimate of drug-likeness (QED) is 0.885. The van der Waals surface area contributed by atoms with Crippen LogP contribution in [0.4, 0.5) is 0 Å². The number of morpholine rings is 1. The van der Waals surface area contributed by atoms with E-state index in [-0.39, 0.29) is 24.6 Å². The van der Waals surface area contributed by atoms with Gasteiger partial charge < -0.3 is 9.84 Å². The predicted molar refractivity (Wildman–Crippen MR) is 78.9 cm³/mol. The van der Waals surface area contributed by atoms with Crippen LogP contribution in [0.1, 0.15) is 13.8 Å². The lowest BCUT2D eigenvalue weighted by atomic mass is 10.1. The molecular weight excluding hydrogens is 346 g/mol. The molecule has 0 aliphatic carbocycles. The Kier molecular flexibility index (Phi) is 4.56. The Bertz CT molecular complexity index is 571. The van der Waals surface area contributed by atoms with Gasteiger partial charge >= 0.3 is 0 Å². The normalized spacial score (nSPS) is 23.7. The maximum atomic E-state index is 12.6. The molecule has 0 spiro atoms. The van der Waals surface area contributed by atoms with E-state index in [2.05, 4.69) is 15.9 Å². The second-order valence-corrected chi connectivity index (χ2v) is 8.29. The molecule has 1 fully saturated rings. The number of aliphatic hydroxyl groups is 1. The molecule has 1 aliphatic heterocycles. The van der Waals surface area contributed by atoms with Gasteiger partial charge in [-0.25, -0.2) is 8.42 Å². The molecule has 0 aromatic heterocycles. The second kappa shape index (κ2) is 5.73. The smallest absolute Gasteiger partial charge is 0.243 e.